The fraction of sp³-hybridized carbons (Fsp3) is 0.300. The lowest BCUT2D eigenvalue weighted by atomic mass is 10.0. The molecule has 128 valence electrons. The summed E-state index contributed by atoms with van der Waals surface area (Å²) in [6.45, 7) is 1.94. The molecule has 0 spiro atoms. The summed E-state index contributed by atoms with van der Waals surface area (Å²) in [5.41, 5.74) is 3.55. The van der Waals surface area contributed by atoms with Crippen LogP contribution in [0.1, 0.15) is 40.5 Å². The Kier molecular flexibility index (Phi) is 3.92. The van der Waals surface area contributed by atoms with Crippen LogP contribution in [0.25, 0.3) is 5.65 Å². The fourth-order valence-electron chi connectivity index (χ4n) is 3.19. The summed E-state index contributed by atoms with van der Waals surface area (Å²) < 4.78 is 7.11. The molecule has 5 heteroatoms. The van der Waals surface area contributed by atoms with Gasteiger partial charge in [-0.25, -0.2) is 4.98 Å². The average Bonchev–Trinajstić information content (AvgIpc) is 3.39. The van der Waals surface area contributed by atoms with Crippen LogP contribution in [-0.2, 0) is 0 Å². The van der Waals surface area contributed by atoms with E-state index in [4.69, 9.17) is 4.74 Å². The average molecular weight is 335 g/mol. The number of imidazole rings is 1. The topological polar surface area (TPSA) is 55.6 Å². The smallest absolute Gasteiger partial charge is 0.253 e. The van der Waals surface area contributed by atoms with Crippen LogP contribution in [0.2, 0.25) is 0 Å². The van der Waals surface area contributed by atoms with Gasteiger partial charge in [0.2, 0.25) is 0 Å². The van der Waals surface area contributed by atoms with E-state index in [1.807, 2.05) is 60.1 Å². The van der Waals surface area contributed by atoms with Crippen molar-refractivity contribution in [3.63, 3.8) is 0 Å². The quantitative estimate of drug-likeness (QED) is 0.776. The Hall–Kier alpha value is -2.82. The van der Waals surface area contributed by atoms with Crippen LogP contribution in [0.4, 0.5) is 0 Å². The molecule has 1 unspecified atom stereocenters. The minimum Gasteiger partial charge on any atom is -0.497 e. The first-order valence-electron chi connectivity index (χ1n) is 8.54. The summed E-state index contributed by atoms with van der Waals surface area (Å²) >= 11 is 0. The van der Waals surface area contributed by atoms with Gasteiger partial charge in [-0.05, 0) is 55.5 Å². The maximum absolute atomic E-state index is 12.8. The lowest BCUT2D eigenvalue weighted by Crippen LogP contribution is -2.30. The van der Waals surface area contributed by atoms with Crippen molar-refractivity contribution in [2.75, 3.05) is 7.11 Å². The van der Waals surface area contributed by atoms with Crippen LogP contribution >= 0.6 is 0 Å². The van der Waals surface area contributed by atoms with E-state index in [0.29, 0.717) is 11.5 Å². The molecule has 0 radical (unpaired) electrons. The zero-order valence-corrected chi connectivity index (χ0v) is 14.4. The third kappa shape index (κ3) is 3.22. The lowest BCUT2D eigenvalue weighted by molar-refractivity contribution is 0.0931. The summed E-state index contributed by atoms with van der Waals surface area (Å²) in [5, 5.41) is 3.21. The molecule has 1 aliphatic carbocycles. The van der Waals surface area contributed by atoms with Gasteiger partial charge in [-0.1, -0.05) is 12.1 Å². The summed E-state index contributed by atoms with van der Waals surface area (Å²) in [4.78, 5) is 17.2. The number of hydrogen-bond acceptors (Lipinski definition) is 3. The molecule has 1 N–H and O–H groups in total. The van der Waals surface area contributed by atoms with Gasteiger partial charge in [0.15, 0.2) is 0 Å². The highest BCUT2D eigenvalue weighted by atomic mass is 16.5. The summed E-state index contributed by atoms with van der Waals surface area (Å²) in [6, 6.07) is 11.7. The Bertz CT molecular complexity index is 910. The number of methoxy groups -OCH3 is 1. The van der Waals surface area contributed by atoms with Crippen molar-refractivity contribution in [3.8, 4) is 5.75 Å². The van der Waals surface area contributed by atoms with Crippen molar-refractivity contribution >= 4 is 11.6 Å². The number of fused-ring (bicyclic) bond motifs is 1. The predicted molar refractivity (Wildman–Crippen MR) is 95.9 cm³/mol. The molecule has 1 fully saturated rings. The Morgan fingerprint density at radius 3 is 2.64 bits per heavy atom. The number of amides is 1. The van der Waals surface area contributed by atoms with Gasteiger partial charge in [0, 0.05) is 12.4 Å². The molecule has 4 rings (SSSR count). The molecule has 1 aromatic carbocycles. The van der Waals surface area contributed by atoms with Crippen LogP contribution in [0.5, 0.6) is 5.75 Å². The maximum Gasteiger partial charge on any atom is 0.253 e. The van der Waals surface area contributed by atoms with Gasteiger partial charge in [-0.15, -0.1) is 0 Å². The molecule has 2 heterocycles. The van der Waals surface area contributed by atoms with Crippen LogP contribution in [-0.4, -0.2) is 22.4 Å². The summed E-state index contributed by atoms with van der Waals surface area (Å²) in [5.74, 6) is 1.28. The van der Waals surface area contributed by atoms with Gasteiger partial charge in [0.25, 0.3) is 5.91 Å². The number of rotatable bonds is 5. The third-order valence-corrected chi connectivity index (χ3v) is 4.69. The molecule has 1 aliphatic rings. The molecule has 0 bridgehead atoms. The molecule has 1 atom stereocenters. The highest BCUT2D eigenvalue weighted by molar-refractivity contribution is 5.94. The largest absolute Gasteiger partial charge is 0.497 e. The number of benzene rings is 1. The molecule has 2 aromatic heterocycles. The lowest BCUT2D eigenvalue weighted by Gasteiger charge is -2.19. The highest BCUT2D eigenvalue weighted by Gasteiger charge is 2.33. The first-order valence-corrected chi connectivity index (χ1v) is 8.54. The number of carbonyl (C=O) groups excluding carboxylic acids is 1. The molecule has 0 saturated heterocycles. The second-order valence-corrected chi connectivity index (χ2v) is 6.63. The van der Waals surface area contributed by atoms with Crippen molar-refractivity contribution < 1.29 is 9.53 Å². The molecule has 1 saturated carbocycles. The standard InChI is InChI=1S/C20H21N3O2/c1-13-11-23-12-16(7-10-18(23)21-13)20(24)22-19(14-3-4-14)15-5-8-17(25-2)9-6-15/h5-12,14,19H,3-4H2,1-2H3,(H,22,24). The van der Waals surface area contributed by atoms with Crippen molar-refractivity contribution in [1.29, 1.82) is 0 Å². The van der Waals surface area contributed by atoms with Gasteiger partial charge in [0.05, 0.1) is 24.4 Å². The molecule has 3 aromatic rings. The van der Waals surface area contributed by atoms with Crippen molar-refractivity contribution in [1.82, 2.24) is 14.7 Å². The molecule has 0 aliphatic heterocycles. The first kappa shape index (κ1) is 15.7. The Morgan fingerprint density at radius 1 is 1.20 bits per heavy atom. The number of aromatic nitrogens is 2. The van der Waals surface area contributed by atoms with E-state index in [0.717, 1.165) is 35.5 Å². The Morgan fingerprint density at radius 2 is 1.96 bits per heavy atom. The fourth-order valence-corrected chi connectivity index (χ4v) is 3.19. The predicted octanol–water partition coefficient (Wildman–Crippen LogP) is 3.53. The van der Waals surface area contributed by atoms with Gasteiger partial charge >= 0.3 is 0 Å². The third-order valence-electron chi connectivity index (χ3n) is 4.69. The number of nitrogens with zero attached hydrogens (tertiary/aromatic N) is 2. The highest BCUT2D eigenvalue weighted by Crippen LogP contribution is 2.41. The van der Waals surface area contributed by atoms with Crippen molar-refractivity contribution in [2.24, 2.45) is 5.92 Å². The summed E-state index contributed by atoms with van der Waals surface area (Å²) in [6.07, 6.45) is 6.06. The number of nitrogens with one attached hydrogen (secondary N) is 1. The van der Waals surface area contributed by atoms with E-state index in [9.17, 15) is 4.79 Å². The van der Waals surface area contributed by atoms with Crippen LogP contribution in [0.15, 0.2) is 48.8 Å². The van der Waals surface area contributed by atoms with E-state index in [-0.39, 0.29) is 11.9 Å². The SMILES string of the molecule is COc1ccc(C(NC(=O)c2ccc3nc(C)cn3c2)C2CC2)cc1. The van der Waals surface area contributed by atoms with E-state index in [1.54, 1.807) is 7.11 Å². The molecular formula is C20H21N3O2. The number of hydrogen-bond donors (Lipinski definition) is 1. The first-order chi connectivity index (χ1) is 12.1. The second kappa shape index (κ2) is 6.24. The molecule has 25 heavy (non-hydrogen) atoms. The zero-order valence-electron chi connectivity index (χ0n) is 14.4. The zero-order chi connectivity index (χ0) is 17.4. The van der Waals surface area contributed by atoms with Crippen molar-refractivity contribution in [2.45, 2.75) is 25.8 Å². The molecule has 1 amide bonds. The minimum absolute atomic E-state index is 0.0404. The van der Waals surface area contributed by atoms with E-state index >= 15 is 0 Å². The second-order valence-electron chi connectivity index (χ2n) is 6.63. The van der Waals surface area contributed by atoms with Crippen molar-refractivity contribution in [3.05, 3.63) is 65.6 Å². The minimum atomic E-state index is -0.0547. The van der Waals surface area contributed by atoms with Gasteiger partial charge in [0.1, 0.15) is 11.4 Å². The number of carbonyl (C=O) groups is 1. The van der Waals surface area contributed by atoms with E-state index < -0.39 is 0 Å². The van der Waals surface area contributed by atoms with Gasteiger partial charge in [-0.3, -0.25) is 4.79 Å². The van der Waals surface area contributed by atoms with Gasteiger partial charge < -0.3 is 14.5 Å². The van der Waals surface area contributed by atoms with Crippen LogP contribution in [0.3, 0.4) is 0 Å². The summed E-state index contributed by atoms with van der Waals surface area (Å²) in [7, 11) is 1.66. The van der Waals surface area contributed by atoms with Gasteiger partial charge in [-0.2, -0.15) is 0 Å². The maximum atomic E-state index is 12.8. The van der Waals surface area contributed by atoms with E-state index in [2.05, 4.69) is 10.3 Å². The molecular weight excluding hydrogens is 314 g/mol. The molecule has 5 nitrogen and oxygen atoms in total. The number of aryl methyl sites for hydroxylation is 1. The van der Waals surface area contributed by atoms with Crippen LogP contribution < -0.4 is 10.1 Å². The monoisotopic (exact) mass is 335 g/mol. The Labute approximate surface area is 146 Å². The number of pyridine rings is 1. The Balaban J connectivity index is 1.57. The van der Waals surface area contributed by atoms with E-state index in [1.165, 1.54) is 0 Å². The normalized spacial score (nSPS) is 15.1. The number of ether oxygens (including phenoxy) is 1. The van der Waals surface area contributed by atoms with Crippen LogP contribution in [0, 0.1) is 12.8 Å².